The van der Waals surface area contributed by atoms with Gasteiger partial charge in [0.25, 0.3) is 5.91 Å². The van der Waals surface area contributed by atoms with Gasteiger partial charge < -0.3 is 4.42 Å². The molecule has 2 N–H and O–H groups in total. The summed E-state index contributed by atoms with van der Waals surface area (Å²) in [5.74, 6) is -0.937. The quantitative estimate of drug-likeness (QED) is 0.640. The molecule has 29 heavy (non-hydrogen) atoms. The SMILES string of the molecule is Cc1c(C(=O)NNC(=O)c2ccc3c(c2)CCN3S(C)(=O)=O)oc2ccccc12. The Morgan fingerprint density at radius 3 is 2.52 bits per heavy atom. The molecular formula is C20H19N3O5S. The van der Waals surface area contributed by atoms with Crippen molar-refractivity contribution < 1.29 is 22.4 Å². The van der Waals surface area contributed by atoms with Crippen LogP contribution in [0, 0.1) is 6.92 Å². The number of furan rings is 1. The van der Waals surface area contributed by atoms with E-state index in [1.807, 2.05) is 18.2 Å². The molecule has 3 aromatic rings. The smallest absolute Gasteiger partial charge is 0.305 e. The molecule has 4 rings (SSSR count). The maximum absolute atomic E-state index is 12.4. The molecule has 1 aliphatic heterocycles. The number of sulfonamides is 1. The number of nitrogens with one attached hydrogen (secondary N) is 2. The number of carbonyl (C=O) groups excluding carboxylic acids is 2. The Morgan fingerprint density at radius 2 is 1.79 bits per heavy atom. The minimum Gasteiger partial charge on any atom is -0.451 e. The van der Waals surface area contributed by atoms with E-state index in [9.17, 15) is 18.0 Å². The number of aryl methyl sites for hydroxylation is 1. The summed E-state index contributed by atoms with van der Waals surface area (Å²) in [4.78, 5) is 24.8. The van der Waals surface area contributed by atoms with Crippen LogP contribution in [-0.2, 0) is 16.4 Å². The van der Waals surface area contributed by atoms with Gasteiger partial charge in [-0.25, -0.2) is 8.42 Å². The molecule has 2 heterocycles. The lowest BCUT2D eigenvalue weighted by molar-refractivity contribution is 0.0831. The number of anilines is 1. The molecule has 0 aliphatic carbocycles. The lowest BCUT2D eigenvalue weighted by Crippen LogP contribution is -2.41. The first kappa shape index (κ1) is 19.0. The first-order valence-electron chi connectivity index (χ1n) is 8.95. The van der Waals surface area contributed by atoms with Crippen molar-refractivity contribution in [2.45, 2.75) is 13.3 Å². The maximum Gasteiger partial charge on any atom is 0.305 e. The topological polar surface area (TPSA) is 109 Å². The van der Waals surface area contributed by atoms with E-state index in [1.54, 1.807) is 25.1 Å². The highest BCUT2D eigenvalue weighted by atomic mass is 32.2. The summed E-state index contributed by atoms with van der Waals surface area (Å²) in [5.41, 5.74) is 7.67. The largest absolute Gasteiger partial charge is 0.451 e. The normalized spacial score (nSPS) is 13.4. The molecule has 9 heteroatoms. The van der Waals surface area contributed by atoms with E-state index >= 15 is 0 Å². The van der Waals surface area contributed by atoms with Crippen LogP contribution in [0.25, 0.3) is 11.0 Å². The van der Waals surface area contributed by atoms with E-state index in [-0.39, 0.29) is 5.76 Å². The number of para-hydroxylation sites is 1. The van der Waals surface area contributed by atoms with Gasteiger partial charge in [0.2, 0.25) is 10.0 Å². The minimum atomic E-state index is -3.35. The van der Waals surface area contributed by atoms with E-state index in [2.05, 4.69) is 10.9 Å². The summed E-state index contributed by atoms with van der Waals surface area (Å²) in [6, 6.07) is 12.0. The van der Waals surface area contributed by atoms with Crippen molar-refractivity contribution in [1.29, 1.82) is 0 Å². The molecule has 0 radical (unpaired) electrons. The highest BCUT2D eigenvalue weighted by molar-refractivity contribution is 7.92. The fourth-order valence-corrected chi connectivity index (χ4v) is 4.45. The van der Waals surface area contributed by atoms with Gasteiger partial charge >= 0.3 is 5.91 Å². The number of carbonyl (C=O) groups is 2. The second-order valence-electron chi connectivity index (χ2n) is 6.89. The van der Waals surface area contributed by atoms with E-state index < -0.39 is 21.8 Å². The second kappa shape index (κ2) is 6.93. The first-order chi connectivity index (χ1) is 13.8. The van der Waals surface area contributed by atoms with Crippen LogP contribution in [0.15, 0.2) is 46.9 Å². The highest BCUT2D eigenvalue weighted by Gasteiger charge is 2.27. The Balaban J connectivity index is 1.47. The van der Waals surface area contributed by atoms with Crippen LogP contribution in [0.4, 0.5) is 5.69 Å². The van der Waals surface area contributed by atoms with Crippen LogP contribution in [0.1, 0.15) is 32.0 Å². The third-order valence-electron chi connectivity index (χ3n) is 4.93. The number of hydrazine groups is 1. The Hall–Kier alpha value is -3.33. The number of fused-ring (bicyclic) bond motifs is 2. The van der Waals surface area contributed by atoms with Crippen LogP contribution in [0.3, 0.4) is 0 Å². The number of hydrogen-bond acceptors (Lipinski definition) is 5. The van der Waals surface area contributed by atoms with Gasteiger partial charge in [-0.1, -0.05) is 18.2 Å². The van der Waals surface area contributed by atoms with Crippen LogP contribution in [0.5, 0.6) is 0 Å². The van der Waals surface area contributed by atoms with Crippen molar-refractivity contribution in [1.82, 2.24) is 10.9 Å². The molecule has 150 valence electrons. The van der Waals surface area contributed by atoms with E-state index in [4.69, 9.17) is 4.42 Å². The van der Waals surface area contributed by atoms with Gasteiger partial charge in [0, 0.05) is 23.1 Å². The Bertz CT molecular complexity index is 1250. The first-order valence-corrected chi connectivity index (χ1v) is 10.8. The number of rotatable bonds is 3. The van der Waals surface area contributed by atoms with Gasteiger partial charge in [-0.3, -0.25) is 24.7 Å². The Kier molecular flexibility index (Phi) is 4.54. The number of benzene rings is 2. The Labute approximate surface area is 167 Å². The molecule has 0 saturated heterocycles. The average molecular weight is 413 g/mol. The molecule has 0 bridgehead atoms. The van der Waals surface area contributed by atoms with Crippen LogP contribution < -0.4 is 15.2 Å². The number of amides is 2. The molecule has 1 aromatic heterocycles. The van der Waals surface area contributed by atoms with Crippen molar-refractivity contribution in [2.24, 2.45) is 0 Å². The van der Waals surface area contributed by atoms with Crippen molar-refractivity contribution >= 4 is 38.5 Å². The van der Waals surface area contributed by atoms with Crippen molar-refractivity contribution in [3.8, 4) is 0 Å². The summed E-state index contributed by atoms with van der Waals surface area (Å²) in [7, 11) is -3.35. The van der Waals surface area contributed by atoms with Crippen molar-refractivity contribution in [2.75, 3.05) is 17.1 Å². The lowest BCUT2D eigenvalue weighted by Gasteiger charge is -2.16. The van der Waals surface area contributed by atoms with Gasteiger partial charge in [0.1, 0.15) is 5.58 Å². The summed E-state index contributed by atoms with van der Waals surface area (Å²) in [5, 5.41) is 0.832. The van der Waals surface area contributed by atoms with Gasteiger partial charge in [0.15, 0.2) is 5.76 Å². The molecule has 0 atom stereocenters. The monoisotopic (exact) mass is 413 g/mol. The number of hydrogen-bond donors (Lipinski definition) is 2. The van der Waals surface area contributed by atoms with Crippen molar-refractivity contribution in [3.05, 3.63) is 64.9 Å². The number of nitrogens with zero attached hydrogens (tertiary/aromatic N) is 1. The zero-order chi connectivity index (χ0) is 20.8. The van der Waals surface area contributed by atoms with E-state index in [1.165, 1.54) is 10.4 Å². The van der Waals surface area contributed by atoms with Crippen LogP contribution >= 0.6 is 0 Å². The summed E-state index contributed by atoms with van der Waals surface area (Å²) in [6.07, 6.45) is 1.67. The third kappa shape index (κ3) is 3.44. The molecule has 1 aliphatic rings. The summed E-state index contributed by atoms with van der Waals surface area (Å²) < 4.78 is 30.5. The fourth-order valence-electron chi connectivity index (χ4n) is 3.49. The van der Waals surface area contributed by atoms with Crippen LogP contribution in [-0.4, -0.2) is 33.0 Å². The van der Waals surface area contributed by atoms with Gasteiger partial charge in [-0.2, -0.15) is 0 Å². The molecule has 8 nitrogen and oxygen atoms in total. The van der Waals surface area contributed by atoms with E-state index in [0.29, 0.717) is 35.4 Å². The molecule has 0 spiro atoms. The van der Waals surface area contributed by atoms with Gasteiger partial charge in [-0.15, -0.1) is 0 Å². The average Bonchev–Trinajstić information content (AvgIpc) is 3.27. The van der Waals surface area contributed by atoms with Gasteiger partial charge in [-0.05, 0) is 43.2 Å². The van der Waals surface area contributed by atoms with E-state index in [0.717, 1.165) is 17.2 Å². The lowest BCUT2D eigenvalue weighted by atomic mass is 10.1. The minimum absolute atomic E-state index is 0.129. The fraction of sp³-hybridized carbons (Fsp3) is 0.200. The van der Waals surface area contributed by atoms with Crippen LogP contribution in [0.2, 0.25) is 0 Å². The third-order valence-corrected chi connectivity index (χ3v) is 6.11. The highest BCUT2D eigenvalue weighted by Crippen LogP contribution is 2.30. The zero-order valence-corrected chi connectivity index (χ0v) is 16.7. The molecule has 2 aromatic carbocycles. The standard InChI is InChI=1S/C20H19N3O5S/c1-12-15-5-3-4-6-17(15)28-18(12)20(25)22-21-19(24)14-7-8-16-13(11-14)9-10-23(16)29(2,26)27/h3-8,11H,9-10H2,1-2H3,(H,21,24)(H,22,25). The van der Waals surface area contributed by atoms with Gasteiger partial charge in [0.05, 0.1) is 11.9 Å². The predicted octanol–water partition coefficient (Wildman–Crippen LogP) is 2.14. The van der Waals surface area contributed by atoms with Crippen molar-refractivity contribution in [3.63, 3.8) is 0 Å². The second-order valence-corrected chi connectivity index (χ2v) is 8.80. The summed E-state index contributed by atoms with van der Waals surface area (Å²) >= 11 is 0. The summed E-state index contributed by atoms with van der Waals surface area (Å²) in [6.45, 7) is 2.12. The molecule has 0 saturated carbocycles. The molecular weight excluding hydrogens is 394 g/mol. The predicted molar refractivity (Wildman–Crippen MR) is 108 cm³/mol. The zero-order valence-electron chi connectivity index (χ0n) is 15.9. The molecule has 0 unspecified atom stereocenters. The molecule has 0 fully saturated rings. The Morgan fingerprint density at radius 1 is 1.07 bits per heavy atom. The molecule has 2 amide bonds. The maximum atomic E-state index is 12.4.